The molecule has 0 radical (unpaired) electrons. The van der Waals surface area contributed by atoms with Crippen LogP contribution in [0.2, 0.25) is 0 Å². The molecular formula is C15H23FN2. The highest BCUT2D eigenvalue weighted by Crippen LogP contribution is 2.29. The van der Waals surface area contributed by atoms with Gasteiger partial charge in [-0.3, -0.25) is 0 Å². The van der Waals surface area contributed by atoms with Crippen LogP contribution in [0, 0.1) is 17.7 Å². The highest BCUT2D eigenvalue weighted by atomic mass is 19.1. The minimum atomic E-state index is -0.0931. The average Bonchev–Trinajstić information content (AvgIpc) is 2.34. The third kappa shape index (κ3) is 2.83. The summed E-state index contributed by atoms with van der Waals surface area (Å²) < 4.78 is 14.1. The second-order valence-corrected chi connectivity index (χ2v) is 5.51. The Labute approximate surface area is 109 Å². The fraction of sp³-hybridized carbons (Fsp3) is 0.600. The van der Waals surface area contributed by atoms with E-state index < -0.39 is 0 Å². The second-order valence-electron chi connectivity index (χ2n) is 5.51. The van der Waals surface area contributed by atoms with E-state index in [1.54, 1.807) is 6.07 Å². The zero-order valence-electron chi connectivity index (χ0n) is 11.5. The standard InChI is InChI=1S/C15H23FN2/c1-11-6-7-18(10-12(11)2)15-5-4-13(9-17-3)8-14(15)16/h4-5,8,11-12,17H,6-7,9-10H2,1-3H3. The largest absolute Gasteiger partial charge is 0.369 e. The number of rotatable bonds is 3. The van der Waals surface area contributed by atoms with Crippen LogP contribution in [0.1, 0.15) is 25.8 Å². The van der Waals surface area contributed by atoms with Crippen molar-refractivity contribution in [3.63, 3.8) is 0 Å². The molecule has 1 heterocycles. The molecule has 1 N–H and O–H groups in total. The molecule has 2 nitrogen and oxygen atoms in total. The molecule has 0 aromatic heterocycles. The van der Waals surface area contributed by atoms with Crippen LogP contribution < -0.4 is 10.2 Å². The van der Waals surface area contributed by atoms with E-state index >= 15 is 0 Å². The van der Waals surface area contributed by atoms with Crippen molar-refractivity contribution in [3.8, 4) is 0 Å². The van der Waals surface area contributed by atoms with Gasteiger partial charge in [0.15, 0.2) is 0 Å². The molecule has 2 unspecified atom stereocenters. The van der Waals surface area contributed by atoms with Crippen LogP contribution in [0.25, 0.3) is 0 Å². The smallest absolute Gasteiger partial charge is 0.146 e. The van der Waals surface area contributed by atoms with E-state index in [0.717, 1.165) is 36.7 Å². The number of nitrogens with zero attached hydrogens (tertiary/aromatic N) is 1. The minimum Gasteiger partial charge on any atom is -0.369 e. The van der Waals surface area contributed by atoms with Gasteiger partial charge in [-0.15, -0.1) is 0 Å². The summed E-state index contributed by atoms with van der Waals surface area (Å²) in [5, 5.41) is 3.04. The minimum absolute atomic E-state index is 0.0931. The first kappa shape index (κ1) is 13.3. The summed E-state index contributed by atoms with van der Waals surface area (Å²) in [5.41, 5.74) is 1.76. The van der Waals surface area contributed by atoms with Gasteiger partial charge in [0, 0.05) is 19.6 Å². The molecule has 100 valence electrons. The van der Waals surface area contributed by atoms with Crippen LogP contribution in [0.15, 0.2) is 18.2 Å². The molecule has 0 bridgehead atoms. The second kappa shape index (κ2) is 5.70. The van der Waals surface area contributed by atoms with Crippen LogP contribution >= 0.6 is 0 Å². The van der Waals surface area contributed by atoms with Gasteiger partial charge in [-0.1, -0.05) is 19.9 Å². The first-order chi connectivity index (χ1) is 8.61. The fourth-order valence-electron chi connectivity index (χ4n) is 2.60. The molecule has 0 spiro atoms. The monoisotopic (exact) mass is 250 g/mol. The number of anilines is 1. The Morgan fingerprint density at radius 2 is 2.11 bits per heavy atom. The molecule has 1 saturated heterocycles. The predicted molar refractivity (Wildman–Crippen MR) is 74.3 cm³/mol. The zero-order chi connectivity index (χ0) is 13.1. The van der Waals surface area contributed by atoms with Crippen molar-refractivity contribution in [1.29, 1.82) is 0 Å². The lowest BCUT2D eigenvalue weighted by molar-refractivity contribution is 0.322. The van der Waals surface area contributed by atoms with E-state index in [-0.39, 0.29) is 5.82 Å². The Morgan fingerprint density at radius 3 is 2.72 bits per heavy atom. The van der Waals surface area contributed by atoms with Gasteiger partial charge in [0.1, 0.15) is 5.82 Å². The Morgan fingerprint density at radius 1 is 1.33 bits per heavy atom. The maximum atomic E-state index is 14.1. The van der Waals surface area contributed by atoms with Gasteiger partial charge < -0.3 is 10.2 Å². The Bertz CT molecular complexity index is 405. The van der Waals surface area contributed by atoms with Crippen LogP contribution in [-0.4, -0.2) is 20.1 Å². The summed E-state index contributed by atoms with van der Waals surface area (Å²) in [6.07, 6.45) is 1.15. The number of hydrogen-bond donors (Lipinski definition) is 1. The molecule has 0 amide bonds. The van der Waals surface area contributed by atoms with Crippen LogP contribution in [0.5, 0.6) is 0 Å². The normalized spacial score (nSPS) is 24.3. The maximum Gasteiger partial charge on any atom is 0.146 e. The number of hydrogen-bond acceptors (Lipinski definition) is 2. The lowest BCUT2D eigenvalue weighted by Gasteiger charge is -2.37. The number of nitrogens with one attached hydrogen (secondary N) is 1. The van der Waals surface area contributed by atoms with E-state index in [0.29, 0.717) is 12.5 Å². The number of benzene rings is 1. The number of halogens is 1. The number of piperidine rings is 1. The van der Waals surface area contributed by atoms with Crippen molar-refractivity contribution in [1.82, 2.24) is 5.32 Å². The molecule has 18 heavy (non-hydrogen) atoms. The van der Waals surface area contributed by atoms with Crippen molar-refractivity contribution >= 4 is 5.69 Å². The topological polar surface area (TPSA) is 15.3 Å². The Hall–Kier alpha value is -1.09. The molecule has 3 heteroatoms. The molecule has 1 aromatic carbocycles. The molecular weight excluding hydrogens is 227 g/mol. The van der Waals surface area contributed by atoms with E-state index in [1.807, 2.05) is 19.2 Å². The molecule has 1 aliphatic heterocycles. The van der Waals surface area contributed by atoms with Gasteiger partial charge in [-0.05, 0) is 43.0 Å². The molecule has 0 aliphatic carbocycles. The quantitative estimate of drug-likeness (QED) is 0.887. The lowest BCUT2D eigenvalue weighted by atomic mass is 9.88. The first-order valence-electron chi connectivity index (χ1n) is 6.79. The zero-order valence-corrected chi connectivity index (χ0v) is 11.5. The lowest BCUT2D eigenvalue weighted by Crippen LogP contribution is -2.38. The van der Waals surface area contributed by atoms with E-state index in [2.05, 4.69) is 24.1 Å². The highest BCUT2D eigenvalue weighted by Gasteiger charge is 2.24. The first-order valence-corrected chi connectivity index (χ1v) is 6.79. The summed E-state index contributed by atoms with van der Waals surface area (Å²) in [7, 11) is 1.87. The van der Waals surface area contributed by atoms with Gasteiger partial charge in [0.25, 0.3) is 0 Å². The van der Waals surface area contributed by atoms with Crippen LogP contribution in [-0.2, 0) is 6.54 Å². The van der Waals surface area contributed by atoms with Crippen molar-refractivity contribution in [3.05, 3.63) is 29.6 Å². The predicted octanol–water partition coefficient (Wildman–Crippen LogP) is 3.03. The summed E-state index contributed by atoms with van der Waals surface area (Å²) in [6, 6.07) is 5.58. The Balaban J connectivity index is 2.13. The average molecular weight is 250 g/mol. The molecule has 1 aromatic rings. The van der Waals surface area contributed by atoms with Crippen molar-refractivity contribution in [2.75, 3.05) is 25.0 Å². The highest BCUT2D eigenvalue weighted by molar-refractivity contribution is 5.49. The van der Waals surface area contributed by atoms with Crippen LogP contribution in [0.4, 0.5) is 10.1 Å². The third-order valence-corrected chi connectivity index (χ3v) is 4.07. The van der Waals surface area contributed by atoms with Crippen molar-refractivity contribution < 1.29 is 4.39 Å². The van der Waals surface area contributed by atoms with Crippen molar-refractivity contribution in [2.24, 2.45) is 11.8 Å². The SMILES string of the molecule is CNCc1ccc(N2CCC(C)C(C)C2)c(F)c1. The molecule has 2 atom stereocenters. The van der Waals surface area contributed by atoms with Gasteiger partial charge in [0.05, 0.1) is 5.69 Å². The molecule has 2 rings (SSSR count). The fourth-order valence-corrected chi connectivity index (χ4v) is 2.60. The summed E-state index contributed by atoms with van der Waals surface area (Å²) >= 11 is 0. The summed E-state index contributed by atoms with van der Waals surface area (Å²) in [5.74, 6) is 1.28. The summed E-state index contributed by atoms with van der Waals surface area (Å²) in [4.78, 5) is 2.18. The maximum absolute atomic E-state index is 14.1. The third-order valence-electron chi connectivity index (χ3n) is 4.07. The van der Waals surface area contributed by atoms with Crippen LogP contribution in [0.3, 0.4) is 0 Å². The van der Waals surface area contributed by atoms with Gasteiger partial charge in [0.2, 0.25) is 0 Å². The Kier molecular flexibility index (Phi) is 4.23. The van der Waals surface area contributed by atoms with E-state index in [9.17, 15) is 4.39 Å². The summed E-state index contributed by atoms with van der Waals surface area (Å²) in [6.45, 7) is 7.18. The molecule has 1 aliphatic rings. The van der Waals surface area contributed by atoms with Gasteiger partial charge >= 0.3 is 0 Å². The molecule has 0 saturated carbocycles. The van der Waals surface area contributed by atoms with E-state index in [4.69, 9.17) is 0 Å². The van der Waals surface area contributed by atoms with Gasteiger partial charge in [-0.25, -0.2) is 4.39 Å². The van der Waals surface area contributed by atoms with Gasteiger partial charge in [-0.2, -0.15) is 0 Å². The molecule has 1 fully saturated rings. The van der Waals surface area contributed by atoms with Crippen molar-refractivity contribution in [2.45, 2.75) is 26.8 Å². The van der Waals surface area contributed by atoms with E-state index in [1.165, 1.54) is 0 Å².